The van der Waals surface area contributed by atoms with Gasteiger partial charge in [-0.15, -0.1) is 0 Å². The van der Waals surface area contributed by atoms with Crippen LogP contribution in [0.1, 0.15) is 32.6 Å². The molecule has 0 aromatic heterocycles. The molecule has 0 aromatic rings. The molecule has 0 spiro atoms. The van der Waals surface area contributed by atoms with Gasteiger partial charge in [0.1, 0.15) is 0 Å². The topological polar surface area (TPSA) is 99.2 Å². The minimum Gasteiger partial charge on any atom is -0.370 e. The largest absolute Gasteiger partial charge is 0.370 e. The van der Waals surface area contributed by atoms with Crippen molar-refractivity contribution in [1.82, 2.24) is 10.2 Å². The van der Waals surface area contributed by atoms with Gasteiger partial charge in [0.15, 0.2) is 0 Å². The van der Waals surface area contributed by atoms with E-state index >= 15 is 0 Å². The van der Waals surface area contributed by atoms with Crippen LogP contribution in [-0.2, 0) is 9.59 Å². The number of carbonyl (C=O) groups is 2. The van der Waals surface area contributed by atoms with E-state index < -0.39 is 0 Å². The molecule has 0 radical (unpaired) electrons. The Morgan fingerprint density at radius 3 is 2.95 bits per heavy atom. The Balaban J connectivity index is 2.27. The maximum absolute atomic E-state index is 12.0. The van der Waals surface area contributed by atoms with E-state index in [2.05, 4.69) is 11.4 Å². The first-order chi connectivity index (χ1) is 9.04. The molecular weight excluding hydrogens is 244 g/mol. The number of primary amides is 1. The van der Waals surface area contributed by atoms with Crippen LogP contribution in [0.3, 0.4) is 0 Å². The summed E-state index contributed by atoms with van der Waals surface area (Å²) in [5.74, 6) is -0.148. The average Bonchev–Trinajstić information content (AvgIpc) is 2.76. The van der Waals surface area contributed by atoms with E-state index in [4.69, 9.17) is 11.0 Å². The number of nitrogens with one attached hydrogen (secondary N) is 1. The highest BCUT2D eigenvalue weighted by molar-refractivity contribution is 5.82. The zero-order valence-electron chi connectivity index (χ0n) is 11.4. The number of amides is 2. The minimum absolute atomic E-state index is 0.0148. The first-order valence-electron chi connectivity index (χ1n) is 6.71. The van der Waals surface area contributed by atoms with Crippen molar-refractivity contribution < 1.29 is 9.59 Å². The van der Waals surface area contributed by atoms with Gasteiger partial charge < -0.3 is 11.1 Å². The highest BCUT2D eigenvalue weighted by Gasteiger charge is 2.29. The van der Waals surface area contributed by atoms with Gasteiger partial charge in [-0.05, 0) is 25.2 Å². The SMILES string of the molecule is CC(CCNC(=O)C1CCCN1CC#N)CC(N)=O. The number of likely N-dealkylation sites (tertiary alicyclic amines) is 1. The summed E-state index contributed by atoms with van der Waals surface area (Å²) in [5, 5.41) is 11.6. The van der Waals surface area contributed by atoms with Crippen LogP contribution in [0.4, 0.5) is 0 Å². The van der Waals surface area contributed by atoms with Crippen molar-refractivity contribution >= 4 is 11.8 Å². The van der Waals surface area contributed by atoms with Crippen molar-refractivity contribution in [2.45, 2.75) is 38.6 Å². The number of nitrogens with zero attached hydrogens (tertiary/aromatic N) is 2. The zero-order valence-corrected chi connectivity index (χ0v) is 11.4. The van der Waals surface area contributed by atoms with E-state index in [0.29, 0.717) is 19.5 Å². The van der Waals surface area contributed by atoms with Crippen LogP contribution in [0.25, 0.3) is 0 Å². The lowest BCUT2D eigenvalue weighted by molar-refractivity contribution is -0.125. The molecule has 1 aliphatic rings. The average molecular weight is 266 g/mol. The number of hydrogen-bond acceptors (Lipinski definition) is 4. The van der Waals surface area contributed by atoms with Crippen molar-refractivity contribution in [3.05, 3.63) is 0 Å². The van der Waals surface area contributed by atoms with E-state index in [1.54, 1.807) is 0 Å². The van der Waals surface area contributed by atoms with Gasteiger partial charge in [0.05, 0.1) is 18.7 Å². The first-order valence-corrected chi connectivity index (χ1v) is 6.71. The Morgan fingerprint density at radius 1 is 1.58 bits per heavy atom. The molecule has 6 heteroatoms. The lowest BCUT2D eigenvalue weighted by Crippen LogP contribution is -2.43. The van der Waals surface area contributed by atoms with Gasteiger partial charge in [0, 0.05) is 19.5 Å². The lowest BCUT2D eigenvalue weighted by atomic mass is 10.0. The Morgan fingerprint density at radius 2 is 2.32 bits per heavy atom. The molecule has 2 atom stereocenters. The summed E-state index contributed by atoms with van der Waals surface area (Å²) in [6.07, 6.45) is 2.85. The quantitative estimate of drug-likeness (QED) is 0.633. The number of carbonyl (C=O) groups excluding carboxylic acids is 2. The first kappa shape index (κ1) is 15.4. The van der Waals surface area contributed by atoms with Gasteiger partial charge in [-0.1, -0.05) is 6.92 Å². The van der Waals surface area contributed by atoms with Crippen molar-refractivity contribution in [1.29, 1.82) is 5.26 Å². The third kappa shape index (κ3) is 5.26. The summed E-state index contributed by atoms with van der Waals surface area (Å²) in [6.45, 7) is 3.60. The van der Waals surface area contributed by atoms with Crippen molar-refractivity contribution in [3.63, 3.8) is 0 Å². The normalized spacial score (nSPS) is 20.7. The molecule has 1 saturated heterocycles. The van der Waals surface area contributed by atoms with E-state index in [-0.39, 0.29) is 23.8 Å². The summed E-state index contributed by atoms with van der Waals surface area (Å²) in [7, 11) is 0. The number of rotatable bonds is 7. The molecule has 1 rings (SSSR count). The number of nitrogens with two attached hydrogens (primary N) is 1. The molecule has 1 heterocycles. The molecule has 106 valence electrons. The summed E-state index contributed by atoms with van der Waals surface area (Å²) < 4.78 is 0. The Labute approximate surface area is 113 Å². The molecule has 0 bridgehead atoms. The molecule has 19 heavy (non-hydrogen) atoms. The second-order valence-electron chi connectivity index (χ2n) is 5.14. The molecule has 1 aliphatic heterocycles. The second kappa shape index (κ2) is 7.74. The molecule has 0 aromatic carbocycles. The molecule has 1 fully saturated rings. The van der Waals surface area contributed by atoms with Crippen LogP contribution in [-0.4, -0.2) is 42.4 Å². The lowest BCUT2D eigenvalue weighted by Gasteiger charge is -2.21. The van der Waals surface area contributed by atoms with Crippen molar-refractivity contribution in [2.75, 3.05) is 19.6 Å². The Kier molecular flexibility index (Phi) is 6.30. The van der Waals surface area contributed by atoms with Gasteiger partial charge in [0.25, 0.3) is 0 Å². The molecule has 0 saturated carbocycles. The van der Waals surface area contributed by atoms with Gasteiger partial charge in [0.2, 0.25) is 11.8 Å². The molecular formula is C13H22N4O2. The highest BCUT2D eigenvalue weighted by atomic mass is 16.2. The van der Waals surface area contributed by atoms with Gasteiger partial charge in [-0.25, -0.2) is 0 Å². The van der Waals surface area contributed by atoms with Gasteiger partial charge in [-0.3, -0.25) is 14.5 Å². The molecule has 2 amide bonds. The smallest absolute Gasteiger partial charge is 0.237 e. The number of hydrogen-bond donors (Lipinski definition) is 2. The monoisotopic (exact) mass is 266 g/mol. The van der Waals surface area contributed by atoms with Gasteiger partial charge >= 0.3 is 0 Å². The third-order valence-corrected chi connectivity index (χ3v) is 3.43. The fraction of sp³-hybridized carbons (Fsp3) is 0.769. The molecule has 0 aliphatic carbocycles. The predicted octanol–water partition coefficient (Wildman–Crippen LogP) is -0.00782. The van der Waals surface area contributed by atoms with E-state index in [1.807, 2.05) is 11.8 Å². The minimum atomic E-state index is -0.310. The molecule has 2 unspecified atom stereocenters. The fourth-order valence-electron chi connectivity index (χ4n) is 2.41. The Bertz CT molecular complexity index is 364. The molecule has 6 nitrogen and oxygen atoms in total. The van der Waals surface area contributed by atoms with Crippen LogP contribution < -0.4 is 11.1 Å². The summed E-state index contributed by atoms with van der Waals surface area (Å²) >= 11 is 0. The van der Waals surface area contributed by atoms with E-state index in [9.17, 15) is 9.59 Å². The maximum Gasteiger partial charge on any atom is 0.237 e. The van der Waals surface area contributed by atoms with Crippen molar-refractivity contribution in [3.8, 4) is 6.07 Å². The number of nitriles is 1. The zero-order chi connectivity index (χ0) is 14.3. The van der Waals surface area contributed by atoms with E-state index in [0.717, 1.165) is 25.8 Å². The van der Waals surface area contributed by atoms with Crippen LogP contribution in [0.2, 0.25) is 0 Å². The third-order valence-electron chi connectivity index (χ3n) is 3.43. The highest BCUT2D eigenvalue weighted by Crippen LogP contribution is 2.16. The summed E-state index contributed by atoms with van der Waals surface area (Å²) in [4.78, 5) is 24.6. The second-order valence-corrected chi connectivity index (χ2v) is 5.14. The standard InChI is InChI=1S/C13H22N4O2/c1-10(9-12(15)18)4-6-16-13(19)11-3-2-7-17(11)8-5-14/h10-11H,2-4,6-9H2,1H3,(H2,15,18)(H,16,19). The summed E-state index contributed by atoms with van der Waals surface area (Å²) in [6, 6.07) is 1.91. The fourth-order valence-corrected chi connectivity index (χ4v) is 2.41. The van der Waals surface area contributed by atoms with E-state index in [1.165, 1.54) is 0 Å². The van der Waals surface area contributed by atoms with Crippen LogP contribution in [0.5, 0.6) is 0 Å². The van der Waals surface area contributed by atoms with Crippen LogP contribution >= 0.6 is 0 Å². The Hall–Kier alpha value is -1.61. The van der Waals surface area contributed by atoms with Crippen molar-refractivity contribution in [2.24, 2.45) is 11.7 Å². The molecule has 3 N–H and O–H groups in total. The maximum atomic E-state index is 12.0. The summed E-state index contributed by atoms with van der Waals surface area (Å²) in [5.41, 5.74) is 5.11. The predicted molar refractivity (Wildman–Crippen MR) is 70.8 cm³/mol. The van der Waals surface area contributed by atoms with Crippen LogP contribution in [0.15, 0.2) is 0 Å². The van der Waals surface area contributed by atoms with Crippen LogP contribution in [0, 0.1) is 17.2 Å². The van der Waals surface area contributed by atoms with Gasteiger partial charge in [-0.2, -0.15) is 5.26 Å².